The number of para-hydroxylation sites is 1. The van der Waals surface area contributed by atoms with Gasteiger partial charge in [-0.25, -0.2) is 8.78 Å². The fraction of sp³-hybridized carbons (Fsp3) is 0.261. The Morgan fingerprint density at radius 3 is 2.47 bits per heavy atom. The van der Waals surface area contributed by atoms with Gasteiger partial charge in [0.15, 0.2) is 5.78 Å². The highest BCUT2D eigenvalue weighted by molar-refractivity contribution is 6.45. The van der Waals surface area contributed by atoms with E-state index >= 15 is 0 Å². The number of aromatic amines is 1. The summed E-state index contributed by atoms with van der Waals surface area (Å²) in [4.78, 5) is 42.8. The second-order valence-corrected chi connectivity index (χ2v) is 7.55. The molecule has 1 aliphatic heterocycles. The summed E-state index contributed by atoms with van der Waals surface area (Å²) in [6.07, 6.45) is 0.585. The summed E-state index contributed by atoms with van der Waals surface area (Å²) in [6.45, 7) is 2.16. The van der Waals surface area contributed by atoms with Crippen molar-refractivity contribution in [2.24, 2.45) is 5.92 Å². The van der Waals surface area contributed by atoms with Gasteiger partial charge in [0.25, 0.3) is 11.7 Å². The monoisotopic (exact) mass is 410 g/mol. The highest BCUT2D eigenvalue weighted by atomic mass is 19.1. The number of halogens is 2. The van der Waals surface area contributed by atoms with E-state index in [2.05, 4.69) is 4.98 Å². The molecule has 2 aromatic carbocycles. The summed E-state index contributed by atoms with van der Waals surface area (Å²) < 4.78 is 27.3. The number of hydrogen-bond donors (Lipinski definition) is 1. The fourth-order valence-electron chi connectivity index (χ4n) is 4.07. The SMILES string of the molecule is Cc1[nH]c2ccccc2c1C(=O)C(=O)N1CCC(C(=O)c2cc(F)ccc2F)CC1. The van der Waals surface area contributed by atoms with Crippen LogP contribution in [-0.4, -0.2) is 40.4 Å². The molecule has 1 fully saturated rings. The number of nitrogens with one attached hydrogen (secondary N) is 1. The molecule has 1 aliphatic rings. The van der Waals surface area contributed by atoms with E-state index in [0.717, 1.165) is 23.7 Å². The van der Waals surface area contributed by atoms with Crippen LogP contribution in [0.3, 0.4) is 0 Å². The predicted molar refractivity (Wildman–Crippen MR) is 107 cm³/mol. The van der Waals surface area contributed by atoms with Crippen molar-refractivity contribution >= 4 is 28.4 Å². The van der Waals surface area contributed by atoms with Crippen LogP contribution in [-0.2, 0) is 4.79 Å². The van der Waals surface area contributed by atoms with Crippen LogP contribution in [0.5, 0.6) is 0 Å². The Morgan fingerprint density at radius 1 is 1.03 bits per heavy atom. The lowest BCUT2D eigenvalue weighted by molar-refractivity contribution is -0.127. The van der Waals surface area contributed by atoms with Gasteiger partial charge in [0.05, 0.1) is 11.1 Å². The Morgan fingerprint density at radius 2 is 1.73 bits per heavy atom. The molecule has 30 heavy (non-hydrogen) atoms. The van der Waals surface area contributed by atoms with E-state index in [0.29, 0.717) is 29.5 Å². The molecular weight excluding hydrogens is 390 g/mol. The third-order valence-corrected chi connectivity index (χ3v) is 5.66. The number of carbonyl (C=O) groups excluding carboxylic acids is 3. The normalized spacial score (nSPS) is 14.8. The number of benzene rings is 2. The van der Waals surface area contributed by atoms with Gasteiger partial charge in [-0.3, -0.25) is 14.4 Å². The maximum atomic E-state index is 13.9. The number of hydrogen-bond acceptors (Lipinski definition) is 3. The molecule has 0 atom stereocenters. The maximum absolute atomic E-state index is 13.9. The zero-order valence-corrected chi connectivity index (χ0v) is 16.4. The van der Waals surface area contributed by atoms with E-state index in [1.54, 1.807) is 19.1 Å². The first-order valence-corrected chi connectivity index (χ1v) is 9.77. The van der Waals surface area contributed by atoms with E-state index in [4.69, 9.17) is 0 Å². The molecule has 1 aromatic heterocycles. The summed E-state index contributed by atoms with van der Waals surface area (Å²) in [7, 11) is 0. The molecule has 1 N–H and O–H groups in total. The van der Waals surface area contributed by atoms with Crippen LogP contribution in [0.2, 0.25) is 0 Å². The number of rotatable bonds is 4. The summed E-state index contributed by atoms with van der Waals surface area (Å²) in [6, 6.07) is 10.1. The zero-order chi connectivity index (χ0) is 21.4. The Balaban J connectivity index is 1.46. The average molecular weight is 410 g/mol. The molecule has 154 valence electrons. The van der Waals surface area contributed by atoms with Crippen LogP contribution in [0.15, 0.2) is 42.5 Å². The molecule has 0 aliphatic carbocycles. The van der Waals surface area contributed by atoms with Crippen molar-refractivity contribution in [3.8, 4) is 0 Å². The molecule has 0 unspecified atom stereocenters. The number of piperidine rings is 1. The first-order chi connectivity index (χ1) is 14.4. The number of aromatic nitrogens is 1. The lowest BCUT2D eigenvalue weighted by Crippen LogP contribution is -2.43. The van der Waals surface area contributed by atoms with Crippen molar-refractivity contribution in [2.75, 3.05) is 13.1 Å². The number of amides is 1. The van der Waals surface area contributed by atoms with E-state index < -0.39 is 35.0 Å². The molecule has 0 spiro atoms. The number of H-pyrrole nitrogens is 1. The van der Waals surface area contributed by atoms with Gasteiger partial charge < -0.3 is 9.88 Å². The molecule has 3 aromatic rings. The first-order valence-electron chi connectivity index (χ1n) is 9.77. The summed E-state index contributed by atoms with van der Waals surface area (Å²) >= 11 is 0. The summed E-state index contributed by atoms with van der Waals surface area (Å²) in [5, 5.41) is 0.694. The van der Waals surface area contributed by atoms with E-state index in [1.807, 2.05) is 12.1 Å². The van der Waals surface area contributed by atoms with E-state index in [-0.39, 0.29) is 18.7 Å². The minimum Gasteiger partial charge on any atom is -0.358 e. The molecule has 1 saturated heterocycles. The van der Waals surface area contributed by atoms with Crippen molar-refractivity contribution < 1.29 is 23.2 Å². The fourth-order valence-corrected chi connectivity index (χ4v) is 4.07. The quantitative estimate of drug-likeness (QED) is 0.521. The standard InChI is InChI=1S/C23H20F2N2O3/c1-13-20(16-4-2-3-5-19(16)26-13)22(29)23(30)27-10-8-14(9-11-27)21(28)17-12-15(24)6-7-18(17)25/h2-7,12,14,26H,8-11H2,1H3. The van der Waals surface area contributed by atoms with Crippen molar-refractivity contribution in [1.82, 2.24) is 9.88 Å². The third-order valence-electron chi connectivity index (χ3n) is 5.66. The molecule has 2 heterocycles. The maximum Gasteiger partial charge on any atom is 0.295 e. The van der Waals surface area contributed by atoms with Crippen LogP contribution in [0.25, 0.3) is 10.9 Å². The molecule has 1 amide bonds. The highest BCUT2D eigenvalue weighted by Gasteiger charge is 2.33. The number of nitrogens with zero attached hydrogens (tertiary/aromatic N) is 1. The first kappa shape index (κ1) is 19.9. The highest BCUT2D eigenvalue weighted by Crippen LogP contribution is 2.26. The van der Waals surface area contributed by atoms with Gasteiger partial charge in [0.2, 0.25) is 0 Å². The molecule has 4 rings (SSSR count). The smallest absolute Gasteiger partial charge is 0.295 e. The number of Topliss-reactive ketones (excluding diaryl/α,β-unsaturated/α-hetero) is 2. The second kappa shape index (κ2) is 7.82. The van der Waals surface area contributed by atoms with Gasteiger partial charge in [-0.15, -0.1) is 0 Å². The lowest BCUT2D eigenvalue weighted by atomic mass is 9.88. The van der Waals surface area contributed by atoms with Crippen LogP contribution in [0.4, 0.5) is 8.78 Å². The number of aryl methyl sites for hydroxylation is 1. The minimum atomic E-state index is -0.759. The zero-order valence-electron chi connectivity index (χ0n) is 16.4. The summed E-state index contributed by atoms with van der Waals surface area (Å²) in [5.74, 6) is -3.64. The number of fused-ring (bicyclic) bond motifs is 1. The number of likely N-dealkylation sites (tertiary alicyclic amines) is 1. The minimum absolute atomic E-state index is 0.208. The van der Waals surface area contributed by atoms with E-state index in [1.165, 1.54) is 4.90 Å². The Labute approximate surface area is 171 Å². The molecule has 0 bridgehead atoms. The third kappa shape index (κ3) is 3.51. The Hall–Kier alpha value is -3.35. The Kier molecular flexibility index (Phi) is 5.20. The van der Waals surface area contributed by atoms with Crippen LogP contribution < -0.4 is 0 Å². The van der Waals surface area contributed by atoms with E-state index in [9.17, 15) is 23.2 Å². The van der Waals surface area contributed by atoms with Gasteiger partial charge in [0.1, 0.15) is 11.6 Å². The van der Waals surface area contributed by atoms with Crippen LogP contribution in [0.1, 0.15) is 39.3 Å². The van der Waals surface area contributed by atoms with Crippen LogP contribution >= 0.6 is 0 Å². The van der Waals surface area contributed by atoms with Crippen molar-refractivity contribution in [3.05, 3.63) is 70.9 Å². The molecular formula is C23H20F2N2O3. The van der Waals surface area contributed by atoms with Gasteiger partial charge in [-0.05, 0) is 44.0 Å². The van der Waals surface area contributed by atoms with Crippen molar-refractivity contribution in [1.29, 1.82) is 0 Å². The van der Waals surface area contributed by atoms with Gasteiger partial charge in [-0.2, -0.15) is 0 Å². The van der Waals surface area contributed by atoms with Crippen molar-refractivity contribution in [3.63, 3.8) is 0 Å². The second-order valence-electron chi connectivity index (χ2n) is 7.55. The van der Waals surface area contributed by atoms with Crippen molar-refractivity contribution in [2.45, 2.75) is 19.8 Å². The van der Waals surface area contributed by atoms with Gasteiger partial charge in [-0.1, -0.05) is 18.2 Å². The average Bonchev–Trinajstić information content (AvgIpc) is 3.09. The molecule has 7 heteroatoms. The lowest BCUT2D eigenvalue weighted by Gasteiger charge is -2.31. The largest absolute Gasteiger partial charge is 0.358 e. The Bertz CT molecular complexity index is 1160. The van der Waals surface area contributed by atoms with Gasteiger partial charge in [0, 0.05) is 35.6 Å². The van der Waals surface area contributed by atoms with Crippen LogP contribution in [0, 0.1) is 24.5 Å². The van der Waals surface area contributed by atoms with Gasteiger partial charge >= 0.3 is 0 Å². The number of carbonyl (C=O) groups is 3. The molecule has 0 saturated carbocycles. The topological polar surface area (TPSA) is 70.2 Å². The molecule has 0 radical (unpaired) electrons. The summed E-state index contributed by atoms with van der Waals surface area (Å²) in [5.41, 5.74) is 1.50. The predicted octanol–water partition coefficient (Wildman–Crippen LogP) is 4.06. The molecule has 5 nitrogen and oxygen atoms in total. The number of ketones is 2.